The molecule has 7 heteroatoms. The minimum absolute atomic E-state index is 0.584. The molecule has 0 amide bonds. The van der Waals surface area contributed by atoms with Gasteiger partial charge in [0.05, 0.1) is 12.3 Å². The average molecular weight is 347 g/mol. The van der Waals surface area contributed by atoms with E-state index >= 15 is 0 Å². The lowest BCUT2D eigenvalue weighted by Crippen LogP contribution is -2.04. The van der Waals surface area contributed by atoms with Crippen LogP contribution in [-0.4, -0.2) is 32.6 Å². The zero-order chi connectivity index (χ0) is 16.1. The highest BCUT2D eigenvalue weighted by Crippen LogP contribution is 2.23. The van der Waals surface area contributed by atoms with Crippen LogP contribution in [0.15, 0.2) is 53.7 Å². The van der Waals surface area contributed by atoms with Crippen LogP contribution in [0.3, 0.4) is 0 Å². The molecule has 0 bridgehead atoms. The molecular weight excluding hydrogens is 332 g/mol. The van der Waals surface area contributed by atoms with Crippen molar-refractivity contribution in [3.63, 3.8) is 0 Å². The van der Waals surface area contributed by atoms with Gasteiger partial charge in [0.15, 0.2) is 0 Å². The summed E-state index contributed by atoms with van der Waals surface area (Å²) >= 11 is 7.55. The Morgan fingerprint density at radius 3 is 2.78 bits per heavy atom. The normalized spacial score (nSPS) is 10.7. The third-order valence-electron chi connectivity index (χ3n) is 3.15. The zero-order valence-corrected chi connectivity index (χ0v) is 14.1. The van der Waals surface area contributed by atoms with Gasteiger partial charge in [-0.15, -0.1) is 5.10 Å². The van der Waals surface area contributed by atoms with Gasteiger partial charge in [0.25, 0.3) is 0 Å². The Balaban J connectivity index is 1.62. The van der Waals surface area contributed by atoms with Crippen molar-refractivity contribution in [2.45, 2.75) is 12.1 Å². The van der Waals surface area contributed by atoms with Crippen molar-refractivity contribution in [3.05, 3.63) is 59.1 Å². The monoisotopic (exact) mass is 346 g/mol. The minimum atomic E-state index is 0.584. The molecule has 1 aromatic heterocycles. The fourth-order valence-corrected chi connectivity index (χ4v) is 3.01. The van der Waals surface area contributed by atoms with E-state index in [4.69, 9.17) is 16.3 Å². The highest BCUT2D eigenvalue weighted by Gasteiger charge is 2.11. The second-order valence-electron chi connectivity index (χ2n) is 4.81. The molecule has 1 heterocycles. The van der Waals surface area contributed by atoms with Gasteiger partial charge in [-0.25, -0.2) is 0 Å². The summed E-state index contributed by atoms with van der Waals surface area (Å²) in [6.07, 6.45) is 0. The van der Waals surface area contributed by atoms with Crippen molar-refractivity contribution in [1.82, 2.24) is 20.2 Å². The van der Waals surface area contributed by atoms with Crippen molar-refractivity contribution in [2.24, 2.45) is 0 Å². The molecule has 2 aromatic carbocycles. The molecule has 0 N–H and O–H groups in total. The maximum atomic E-state index is 6.00. The molecule has 0 saturated heterocycles. The summed E-state index contributed by atoms with van der Waals surface area (Å²) in [6, 6.07) is 15.4. The first-order chi connectivity index (χ1) is 11.2. The maximum Gasteiger partial charge on any atom is 0.214 e. The number of ether oxygens (including phenoxy) is 1. The topological polar surface area (TPSA) is 52.8 Å². The van der Waals surface area contributed by atoms with Gasteiger partial charge in [0.1, 0.15) is 5.75 Å². The van der Waals surface area contributed by atoms with Crippen LogP contribution in [0, 0.1) is 6.92 Å². The zero-order valence-electron chi connectivity index (χ0n) is 12.5. The highest BCUT2D eigenvalue weighted by atomic mass is 35.5. The Kier molecular flexibility index (Phi) is 5.15. The Hall–Kier alpha value is -2.05. The van der Waals surface area contributed by atoms with Gasteiger partial charge in [-0.3, -0.25) is 0 Å². The van der Waals surface area contributed by atoms with Gasteiger partial charge in [0, 0.05) is 10.8 Å². The Morgan fingerprint density at radius 2 is 2.00 bits per heavy atom. The molecule has 0 saturated carbocycles. The number of nitrogens with zero attached hydrogens (tertiary/aromatic N) is 4. The summed E-state index contributed by atoms with van der Waals surface area (Å²) in [7, 11) is 0. The predicted octanol–water partition coefficient (Wildman–Crippen LogP) is 3.80. The fraction of sp³-hybridized carbons (Fsp3) is 0.188. The summed E-state index contributed by atoms with van der Waals surface area (Å²) in [5.41, 5.74) is 1.94. The van der Waals surface area contributed by atoms with E-state index in [1.54, 1.807) is 16.4 Å². The molecule has 0 unspecified atom stereocenters. The van der Waals surface area contributed by atoms with Gasteiger partial charge in [-0.1, -0.05) is 41.6 Å². The largest absolute Gasteiger partial charge is 0.493 e. The van der Waals surface area contributed by atoms with Crippen LogP contribution in [0.4, 0.5) is 0 Å². The Morgan fingerprint density at radius 1 is 1.17 bits per heavy atom. The maximum absolute atomic E-state index is 6.00. The second kappa shape index (κ2) is 7.48. The first-order valence-corrected chi connectivity index (χ1v) is 8.46. The van der Waals surface area contributed by atoms with Gasteiger partial charge < -0.3 is 4.74 Å². The van der Waals surface area contributed by atoms with Crippen LogP contribution in [0.5, 0.6) is 5.75 Å². The molecule has 23 heavy (non-hydrogen) atoms. The first kappa shape index (κ1) is 15.8. The van der Waals surface area contributed by atoms with E-state index in [1.165, 1.54) is 0 Å². The van der Waals surface area contributed by atoms with E-state index in [2.05, 4.69) is 15.5 Å². The molecule has 5 nitrogen and oxygen atoms in total. The lowest BCUT2D eigenvalue weighted by atomic mass is 10.2. The molecule has 0 spiro atoms. The molecule has 3 rings (SSSR count). The second-order valence-corrected chi connectivity index (χ2v) is 6.31. The molecule has 118 valence electrons. The van der Waals surface area contributed by atoms with Gasteiger partial charge in [0.2, 0.25) is 5.16 Å². The van der Waals surface area contributed by atoms with Crippen LogP contribution in [0.2, 0.25) is 5.02 Å². The van der Waals surface area contributed by atoms with E-state index in [0.29, 0.717) is 11.6 Å². The van der Waals surface area contributed by atoms with E-state index in [1.807, 2.05) is 55.5 Å². The number of hydrogen-bond acceptors (Lipinski definition) is 5. The van der Waals surface area contributed by atoms with E-state index in [-0.39, 0.29) is 0 Å². The number of benzene rings is 2. The van der Waals surface area contributed by atoms with E-state index in [0.717, 1.165) is 27.9 Å². The SMILES string of the molecule is Cc1cc(Cl)ccc1-n1nnnc1SCCOc1ccccc1. The van der Waals surface area contributed by atoms with Crippen LogP contribution in [0.1, 0.15) is 5.56 Å². The molecular formula is C16H15ClN4OS. The summed E-state index contributed by atoms with van der Waals surface area (Å²) in [6.45, 7) is 2.57. The van der Waals surface area contributed by atoms with Crippen molar-refractivity contribution in [1.29, 1.82) is 0 Å². The number of thioether (sulfide) groups is 1. The smallest absolute Gasteiger partial charge is 0.214 e. The van der Waals surface area contributed by atoms with E-state index in [9.17, 15) is 0 Å². The molecule has 0 aliphatic carbocycles. The molecule has 0 aliphatic heterocycles. The lowest BCUT2D eigenvalue weighted by molar-refractivity contribution is 0.344. The fourth-order valence-electron chi connectivity index (χ4n) is 2.09. The molecule has 0 aliphatic rings. The number of hydrogen-bond donors (Lipinski definition) is 0. The molecule has 0 fully saturated rings. The Bertz CT molecular complexity index is 779. The standard InChI is InChI=1S/C16H15ClN4OS/c1-12-11-13(17)7-8-15(12)21-16(18-19-20-21)23-10-9-22-14-5-3-2-4-6-14/h2-8,11H,9-10H2,1H3. The quantitative estimate of drug-likeness (QED) is 0.502. The summed E-state index contributed by atoms with van der Waals surface area (Å²) in [5, 5.41) is 13.3. The molecule has 0 atom stereocenters. The minimum Gasteiger partial charge on any atom is -0.493 e. The van der Waals surface area contributed by atoms with Crippen molar-refractivity contribution < 1.29 is 4.74 Å². The van der Waals surface area contributed by atoms with E-state index < -0.39 is 0 Å². The summed E-state index contributed by atoms with van der Waals surface area (Å²) in [4.78, 5) is 0. The highest BCUT2D eigenvalue weighted by molar-refractivity contribution is 7.99. The number of para-hydroxylation sites is 1. The molecule has 3 aromatic rings. The van der Waals surface area contributed by atoms with Crippen molar-refractivity contribution in [3.8, 4) is 11.4 Å². The number of aryl methyl sites for hydroxylation is 1. The number of rotatable bonds is 6. The van der Waals surface area contributed by atoms with Crippen LogP contribution >= 0.6 is 23.4 Å². The van der Waals surface area contributed by atoms with Crippen LogP contribution < -0.4 is 4.74 Å². The van der Waals surface area contributed by atoms with Crippen LogP contribution in [0.25, 0.3) is 5.69 Å². The molecule has 0 radical (unpaired) electrons. The number of aromatic nitrogens is 4. The first-order valence-electron chi connectivity index (χ1n) is 7.09. The van der Waals surface area contributed by atoms with Crippen molar-refractivity contribution in [2.75, 3.05) is 12.4 Å². The van der Waals surface area contributed by atoms with Gasteiger partial charge >= 0.3 is 0 Å². The van der Waals surface area contributed by atoms with Crippen molar-refractivity contribution >= 4 is 23.4 Å². The van der Waals surface area contributed by atoms with Gasteiger partial charge in [-0.2, -0.15) is 4.68 Å². The number of halogens is 1. The van der Waals surface area contributed by atoms with Gasteiger partial charge in [-0.05, 0) is 53.2 Å². The summed E-state index contributed by atoms with van der Waals surface area (Å²) in [5.74, 6) is 1.61. The third kappa shape index (κ3) is 4.03. The van der Waals surface area contributed by atoms with Crippen LogP contribution in [-0.2, 0) is 0 Å². The number of tetrazole rings is 1. The predicted molar refractivity (Wildman–Crippen MR) is 91.6 cm³/mol. The third-order valence-corrected chi connectivity index (χ3v) is 4.27. The summed E-state index contributed by atoms with van der Waals surface area (Å²) < 4.78 is 7.39. The average Bonchev–Trinajstić information content (AvgIpc) is 3.01. The lowest BCUT2D eigenvalue weighted by Gasteiger charge is -2.08. The Labute approximate surface area is 143 Å².